The molecule has 0 saturated heterocycles. The zero-order valence-corrected chi connectivity index (χ0v) is 9.17. The first kappa shape index (κ1) is 9.40. The van der Waals surface area contributed by atoms with E-state index in [1.54, 1.807) is 12.1 Å². The number of hydrogen-bond acceptors (Lipinski definition) is 2. The monoisotopic (exact) mass is 253 g/mol. The summed E-state index contributed by atoms with van der Waals surface area (Å²) in [5.41, 5.74) is 2.24. The molecule has 0 N–H and O–H groups in total. The van der Waals surface area contributed by atoms with Gasteiger partial charge in [0.25, 0.3) is 11.8 Å². The topological polar surface area (TPSA) is 37.4 Å². The second-order valence-corrected chi connectivity index (χ2v) is 3.71. The van der Waals surface area contributed by atoms with Gasteiger partial charge in [-0.1, -0.05) is 27.6 Å². The number of carbonyl (C=O) groups excluding carboxylic acids is 2. The fourth-order valence-corrected chi connectivity index (χ4v) is 1.97. The summed E-state index contributed by atoms with van der Waals surface area (Å²) >= 11 is 3.12. The molecule has 4 heteroatoms. The number of imide groups is 1. The van der Waals surface area contributed by atoms with Crippen LogP contribution in [0, 0.1) is 6.92 Å². The van der Waals surface area contributed by atoms with Crippen molar-refractivity contribution in [2.75, 3.05) is 5.45 Å². The number of fused-ring (bicyclic) bond motifs is 1. The molecule has 1 heterocycles. The van der Waals surface area contributed by atoms with Gasteiger partial charge in [-0.2, -0.15) is 0 Å². The molecule has 14 heavy (non-hydrogen) atoms. The Kier molecular flexibility index (Phi) is 2.15. The zero-order chi connectivity index (χ0) is 10.3. The lowest BCUT2D eigenvalue weighted by Gasteiger charge is -2.07. The highest BCUT2D eigenvalue weighted by Crippen LogP contribution is 2.24. The molecule has 3 nitrogen and oxygen atoms in total. The van der Waals surface area contributed by atoms with Crippen LogP contribution in [0.4, 0.5) is 0 Å². The van der Waals surface area contributed by atoms with Crippen LogP contribution in [0.2, 0.25) is 0 Å². The first-order valence-corrected chi connectivity index (χ1v) is 5.30. The van der Waals surface area contributed by atoms with E-state index in [-0.39, 0.29) is 17.3 Å². The van der Waals surface area contributed by atoms with Gasteiger partial charge in [0.1, 0.15) is 0 Å². The Hall–Kier alpha value is -1.16. The predicted molar refractivity (Wildman–Crippen MR) is 55.5 cm³/mol. The van der Waals surface area contributed by atoms with E-state index >= 15 is 0 Å². The largest absolute Gasteiger partial charge is 0.269 e. The first-order valence-electron chi connectivity index (χ1n) is 4.18. The van der Waals surface area contributed by atoms with Crippen molar-refractivity contribution in [3.63, 3.8) is 0 Å². The van der Waals surface area contributed by atoms with E-state index in [9.17, 15) is 9.59 Å². The highest BCUT2D eigenvalue weighted by molar-refractivity contribution is 9.09. The van der Waals surface area contributed by atoms with E-state index < -0.39 is 0 Å². The minimum atomic E-state index is -0.220. The maximum Gasteiger partial charge on any atom is 0.262 e. The van der Waals surface area contributed by atoms with E-state index in [2.05, 4.69) is 15.9 Å². The standard InChI is InChI=1S/C10H8BrNO2/c1-6-2-3-7-8(4-6)10(14)12(5-11)9(7)13/h2-4H,5H2,1H3. The average Bonchev–Trinajstić information content (AvgIpc) is 2.39. The molecule has 0 unspecified atom stereocenters. The third-order valence-electron chi connectivity index (χ3n) is 2.25. The van der Waals surface area contributed by atoms with Gasteiger partial charge in [-0.05, 0) is 19.1 Å². The fraction of sp³-hybridized carbons (Fsp3) is 0.200. The lowest BCUT2D eigenvalue weighted by Crippen LogP contribution is -2.27. The Bertz CT molecular complexity index is 428. The van der Waals surface area contributed by atoms with Crippen LogP contribution in [-0.2, 0) is 0 Å². The Morgan fingerprint density at radius 3 is 2.50 bits per heavy atom. The number of benzene rings is 1. The summed E-state index contributed by atoms with van der Waals surface area (Å²) in [5.74, 6) is -0.438. The van der Waals surface area contributed by atoms with Crippen molar-refractivity contribution in [2.24, 2.45) is 0 Å². The van der Waals surface area contributed by atoms with Gasteiger partial charge >= 0.3 is 0 Å². The highest BCUT2D eigenvalue weighted by atomic mass is 79.9. The van der Waals surface area contributed by atoms with Gasteiger partial charge in [0, 0.05) is 0 Å². The van der Waals surface area contributed by atoms with E-state index in [1.807, 2.05) is 13.0 Å². The van der Waals surface area contributed by atoms with Crippen LogP contribution in [0.15, 0.2) is 18.2 Å². The molecule has 0 fully saturated rings. The van der Waals surface area contributed by atoms with Gasteiger partial charge in [0.2, 0.25) is 0 Å². The van der Waals surface area contributed by atoms with Crippen LogP contribution in [0.25, 0.3) is 0 Å². The van der Waals surface area contributed by atoms with Gasteiger partial charge in [0.05, 0.1) is 16.6 Å². The number of carbonyl (C=O) groups is 2. The van der Waals surface area contributed by atoms with Crippen LogP contribution in [0.1, 0.15) is 26.3 Å². The molecule has 0 radical (unpaired) electrons. The fourth-order valence-electron chi connectivity index (χ4n) is 1.51. The molecule has 2 rings (SSSR count). The Balaban J connectivity index is 2.58. The molecule has 0 saturated carbocycles. The normalized spacial score (nSPS) is 14.9. The van der Waals surface area contributed by atoms with Gasteiger partial charge in [0.15, 0.2) is 0 Å². The van der Waals surface area contributed by atoms with Gasteiger partial charge in [-0.15, -0.1) is 0 Å². The van der Waals surface area contributed by atoms with Crippen molar-refractivity contribution in [1.82, 2.24) is 4.90 Å². The molecule has 1 aliphatic heterocycles. The molecule has 0 aliphatic carbocycles. The SMILES string of the molecule is Cc1ccc2c(c1)C(=O)N(CBr)C2=O. The minimum absolute atomic E-state index is 0.217. The Morgan fingerprint density at radius 2 is 1.86 bits per heavy atom. The lowest BCUT2D eigenvalue weighted by atomic mass is 10.1. The first-order chi connectivity index (χ1) is 6.65. The average molecular weight is 254 g/mol. The van der Waals surface area contributed by atoms with Crippen molar-refractivity contribution in [1.29, 1.82) is 0 Å². The number of nitrogens with zero attached hydrogens (tertiary/aromatic N) is 1. The molecule has 0 spiro atoms. The summed E-state index contributed by atoms with van der Waals surface area (Å²) in [5, 5.41) is 0. The third kappa shape index (κ3) is 1.18. The van der Waals surface area contributed by atoms with Crippen molar-refractivity contribution in [2.45, 2.75) is 6.92 Å². The molecule has 0 aromatic heterocycles. The maximum atomic E-state index is 11.7. The van der Waals surface area contributed by atoms with E-state index in [4.69, 9.17) is 0 Å². The lowest BCUT2D eigenvalue weighted by molar-refractivity contribution is 0.0686. The summed E-state index contributed by atoms with van der Waals surface area (Å²) in [6, 6.07) is 5.29. The molecular weight excluding hydrogens is 246 g/mol. The molecule has 0 bridgehead atoms. The third-order valence-corrected chi connectivity index (χ3v) is 2.75. The van der Waals surface area contributed by atoms with E-state index in [0.29, 0.717) is 11.1 Å². The van der Waals surface area contributed by atoms with Crippen molar-refractivity contribution >= 4 is 27.7 Å². The van der Waals surface area contributed by atoms with Crippen LogP contribution < -0.4 is 0 Å². The molecule has 1 aliphatic rings. The number of alkyl halides is 1. The van der Waals surface area contributed by atoms with Crippen LogP contribution >= 0.6 is 15.9 Å². The van der Waals surface area contributed by atoms with Crippen molar-refractivity contribution < 1.29 is 9.59 Å². The quantitative estimate of drug-likeness (QED) is 0.436. The Labute approximate surface area is 89.8 Å². The number of rotatable bonds is 1. The molecular formula is C10H8BrNO2. The molecule has 1 aromatic carbocycles. The van der Waals surface area contributed by atoms with Crippen molar-refractivity contribution in [3.8, 4) is 0 Å². The van der Waals surface area contributed by atoms with Gasteiger partial charge in [-0.3, -0.25) is 14.5 Å². The maximum absolute atomic E-state index is 11.7. The highest BCUT2D eigenvalue weighted by Gasteiger charge is 2.34. The number of aryl methyl sites for hydroxylation is 1. The number of hydrogen-bond donors (Lipinski definition) is 0. The van der Waals surface area contributed by atoms with Crippen LogP contribution in [-0.4, -0.2) is 22.2 Å². The van der Waals surface area contributed by atoms with Crippen LogP contribution in [0.3, 0.4) is 0 Å². The smallest absolute Gasteiger partial charge is 0.262 e. The molecule has 0 atom stereocenters. The molecule has 72 valence electrons. The summed E-state index contributed by atoms with van der Waals surface area (Å²) < 4.78 is 0. The van der Waals surface area contributed by atoms with E-state index in [1.165, 1.54) is 4.90 Å². The van der Waals surface area contributed by atoms with Crippen molar-refractivity contribution in [3.05, 3.63) is 34.9 Å². The summed E-state index contributed by atoms with van der Waals surface area (Å²) in [4.78, 5) is 24.5. The Morgan fingerprint density at radius 1 is 1.21 bits per heavy atom. The summed E-state index contributed by atoms with van der Waals surface area (Å²) in [6.07, 6.45) is 0. The van der Waals surface area contributed by atoms with Gasteiger partial charge in [-0.25, -0.2) is 0 Å². The summed E-state index contributed by atoms with van der Waals surface area (Å²) in [6.45, 7) is 1.90. The predicted octanol–water partition coefficient (Wildman–Crippen LogP) is 1.94. The van der Waals surface area contributed by atoms with E-state index in [0.717, 1.165) is 5.56 Å². The minimum Gasteiger partial charge on any atom is -0.269 e. The number of halogens is 1. The van der Waals surface area contributed by atoms with Gasteiger partial charge < -0.3 is 0 Å². The summed E-state index contributed by atoms with van der Waals surface area (Å²) in [7, 11) is 0. The van der Waals surface area contributed by atoms with Crippen LogP contribution in [0.5, 0.6) is 0 Å². The second-order valence-electron chi connectivity index (χ2n) is 3.21. The molecule has 2 amide bonds. The number of amides is 2. The zero-order valence-electron chi connectivity index (χ0n) is 7.58. The molecule has 1 aromatic rings. The second kappa shape index (κ2) is 3.20.